The van der Waals surface area contributed by atoms with Gasteiger partial charge in [-0.05, 0) is 30.9 Å². The molecule has 0 N–H and O–H groups in total. The molecule has 0 aromatic carbocycles. The lowest BCUT2D eigenvalue weighted by Gasteiger charge is -2.04. The summed E-state index contributed by atoms with van der Waals surface area (Å²) in [5.74, 6) is 0.598. The molecule has 0 fully saturated rings. The molecule has 0 aromatic heterocycles. The highest BCUT2D eigenvalue weighted by Gasteiger charge is 1.98. The van der Waals surface area contributed by atoms with Gasteiger partial charge in [0.15, 0.2) is 0 Å². The fourth-order valence-electron chi connectivity index (χ4n) is 1.05. The molecule has 0 aliphatic rings. The Bertz CT molecular complexity index is 261. The maximum absolute atomic E-state index is 8.71. The van der Waals surface area contributed by atoms with E-state index >= 15 is 0 Å². The third kappa shape index (κ3) is 5.03. The zero-order valence-corrected chi connectivity index (χ0v) is 8.67. The number of nitrogens with zero attached hydrogens (tertiary/aromatic N) is 1. The second kappa shape index (κ2) is 6.25. The highest BCUT2D eigenvalue weighted by molar-refractivity contribution is 5.37. The van der Waals surface area contributed by atoms with Gasteiger partial charge in [0.25, 0.3) is 0 Å². The van der Waals surface area contributed by atoms with Crippen molar-refractivity contribution in [1.82, 2.24) is 0 Å². The standard InChI is InChI=1S/C12H17N/c1-5-11(7-10(3)4)8-12(6-2)9-13/h5-6,8,10H,1,7H2,2-4H3/b11-8+,12-6+. The Hall–Kier alpha value is -1.29. The summed E-state index contributed by atoms with van der Waals surface area (Å²) in [6, 6.07) is 2.13. The predicted octanol–water partition coefficient (Wildman–Crippen LogP) is 3.61. The van der Waals surface area contributed by atoms with Crippen LogP contribution in [0.3, 0.4) is 0 Å². The second-order valence-corrected chi connectivity index (χ2v) is 3.38. The van der Waals surface area contributed by atoms with E-state index in [0.29, 0.717) is 11.5 Å². The van der Waals surface area contributed by atoms with Gasteiger partial charge in [0.1, 0.15) is 0 Å². The van der Waals surface area contributed by atoms with E-state index < -0.39 is 0 Å². The third-order valence-corrected chi connectivity index (χ3v) is 1.69. The van der Waals surface area contributed by atoms with Gasteiger partial charge in [-0.15, -0.1) is 0 Å². The van der Waals surface area contributed by atoms with Crippen molar-refractivity contribution < 1.29 is 0 Å². The van der Waals surface area contributed by atoms with Gasteiger partial charge in [0.2, 0.25) is 0 Å². The molecule has 13 heavy (non-hydrogen) atoms. The average Bonchev–Trinajstić information content (AvgIpc) is 2.11. The molecule has 0 spiro atoms. The van der Waals surface area contributed by atoms with Gasteiger partial charge in [0.05, 0.1) is 6.07 Å². The number of allylic oxidation sites excluding steroid dienone is 5. The largest absolute Gasteiger partial charge is 0.192 e. The van der Waals surface area contributed by atoms with Crippen molar-refractivity contribution in [2.45, 2.75) is 27.2 Å². The van der Waals surface area contributed by atoms with Crippen LogP contribution in [0.15, 0.2) is 36.0 Å². The predicted molar refractivity (Wildman–Crippen MR) is 57.1 cm³/mol. The van der Waals surface area contributed by atoms with E-state index in [1.807, 2.05) is 25.2 Å². The molecule has 0 aliphatic heterocycles. The second-order valence-electron chi connectivity index (χ2n) is 3.38. The zero-order chi connectivity index (χ0) is 10.3. The number of hydrogen-bond donors (Lipinski definition) is 0. The summed E-state index contributed by atoms with van der Waals surface area (Å²) in [6.07, 6.45) is 6.50. The van der Waals surface area contributed by atoms with Gasteiger partial charge < -0.3 is 0 Å². The summed E-state index contributed by atoms with van der Waals surface area (Å²) in [4.78, 5) is 0. The molecule has 0 bridgehead atoms. The van der Waals surface area contributed by atoms with Gasteiger partial charge in [-0.2, -0.15) is 5.26 Å². The van der Waals surface area contributed by atoms with E-state index in [1.54, 1.807) is 0 Å². The molecule has 0 amide bonds. The van der Waals surface area contributed by atoms with Crippen LogP contribution >= 0.6 is 0 Å². The van der Waals surface area contributed by atoms with E-state index in [9.17, 15) is 0 Å². The topological polar surface area (TPSA) is 23.8 Å². The molecule has 70 valence electrons. The Morgan fingerprint density at radius 3 is 2.46 bits per heavy atom. The lowest BCUT2D eigenvalue weighted by atomic mass is 10.0. The molecule has 0 aliphatic carbocycles. The van der Waals surface area contributed by atoms with Crippen LogP contribution in [0.25, 0.3) is 0 Å². The normalized spacial score (nSPS) is 12.8. The lowest BCUT2D eigenvalue weighted by molar-refractivity contribution is 0.650. The molecule has 1 heteroatoms. The number of rotatable bonds is 4. The third-order valence-electron chi connectivity index (χ3n) is 1.69. The monoisotopic (exact) mass is 175 g/mol. The van der Waals surface area contributed by atoms with Crippen molar-refractivity contribution in [2.75, 3.05) is 0 Å². The van der Waals surface area contributed by atoms with Crippen LogP contribution in [-0.2, 0) is 0 Å². The molecule has 0 saturated heterocycles. The summed E-state index contributed by atoms with van der Waals surface area (Å²) in [7, 11) is 0. The van der Waals surface area contributed by atoms with Gasteiger partial charge in [0, 0.05) is 5.57 Å². The summed E-state index contributed by atoms with van der Waals surface area (Å²) in [6.45, 7) is 9.90. The first-order chi connectivity index (χ1) is 6.13. The van der Waals surface area contributed by atoms with E-state index in [1.165, 1.54) is 0 Å². The van der Waals surface area contributed by atoms with Crippen molar-refractivity contribution in [3.63, 3.8) is 0 Å². The van der Waals surface area contributed by atoms with Gasteiger partial charge in [-0.25, -0.2) is 0 Å². The number of hydrogen-bond acceptors (Lipinski definition) is 1. The average molecular weight is 175 g/mol. The maximum Gasteiger partial charge on any atom is 0.0988 e. The molecule has 0 atom stereocenters. The Morgan fingerprint density at radius 1 is 1.54 bits per heavy atom. The first-order valence-corrected chi connectivity index (χ1v) is 4.53. The van der Waals surface area contributed by atoms with Crippen LogP contribution in [0.1, 0.15) is 27.2 Å². The fraction of sp³-hybridized carbons (Fsp3) is 0.417. The Labute approximate surface area is 81.1 Å². The first kappa shape index (κ1) is 11.7. The van der Waals surface area contributed by atoms with Crippen LogP contribution in [-0.4, -0.2) is 0 Å². The van der Waals surface area contributed by atoms with E-state index in [0.717, 1.165) is 12.0 Å². The van der Waals surface area contributed by atoms with Crippen LogP contribution < -0.4 is 0 Å². The number of nitriles is 1. The van der Waals surface area contributed by atoms with E-state index in [-0.39, 0.29) is 0 Å². The van der Waals surface area contributed by atoms with E-state index in [4.69, 9.17) is 5.26 Å². The van der Waals surface area contributed by atoms with Crippen LogP contribution in [0.5, 0.6) is 0 Å². The zero-order valence-electron chi connectivity index (χ0n) is 8.67. The van der Waals surface area contributed by atoms with Crippen molar-refractivity contribution in [2.24, 2.45) is 5.92 Å². The molecule has 0 unspecified atom stereocenters. The van der Waals surface area contributed by atoms with Crippen molar-refractivity contribution in [3.05, 3.63) is 36.0 Å². The lowest BCUT2D eigenvalue weighted by Crippen LogP contribution is -1.89. The van der Waals surface area contributed by atoms with Gasteiger partial charge in [-0.1, -0.05) is 32.6 Å². The first-order valence-electron chi connectivity index (χ1n) is 4.53. The minimum absolute atomic E-state index is 0.598. The van der Waals surface area contributed by atoms with Crippen LogP contribution in [0.4, 0.5) is 0 Å². The summed E-state index contributed by atoms with van der Waals surface area (Å²) in [5.41, 5.74) is 1.83. The van der Waals surface area contributed by atoms with E-state index in [2.05, 4.69) is 26.5 Å². The van der Waals surface area contributed by atoms with Crippen molar-refractivity contribution in [3.8, 4) is 6.07 Å². The highest BCUT2D eigenvalue weighted by Crippen LogP contribution is 2.13. The smallest absolute Gasteiger partial charge is 0.0988 e. The van der Waals surface area contributed by atoms with Crippen molar-refractivity contribution in [1.29, 1.82) is 5.26 Å². The SMILES string of the molecule is C=C/C(=C\C(C#N)=C/C)CC(C)C. The molecule has 0 saturated carbocycles. The quantitative estimate of drug-likeness (QED) is 0.473. The van der Waals surface area contributed by atoms with Gasteiger partial charge >= 0.3 is 0 Å². The molecular weight excluding hydrogens is 158 g/mol. The molecule has 0 aromatic rings. The maximum atomic E-state index is 8.71. The summed E-state index contributed by atoms with van der Waals surface area (Å²) in [5, 5.41) is 8.71. The molecule has 1 nitrogen and oxygen atoms in total. The fourth-order valence-corrected chi connectivity index (χ4v) is 1.05. The van der Waals surface area contributed by atoms with Gasteiger partial charge in [-0.3, -0.25) is 0 Å². The minimum atomic E-state index is 0.598. The summed E-state index contributed by atoms with van der Waals surface area (Å²) >= 11 is 0. The molecule has 0 rings (SSSR count). The van der Waals surface area contributed by atoms with Crippen LogP contribution in [0, 0.1) is 17.2 Å². The Kier molecular flexibility index (Phi) is 5.63. The summed E-state index contributed by atoms with van der Waals surface area (Å²) < 4.78 is 0. The van der Waals surface area contributed by atoms with Crippen LogP contribution in [0.2, 0.25) is 0 Å². The molecule has 0 heterocycles. The Morgan fingerprint density at radius 2 is 2.15 bits per heavy atom. The molecule has 0 radical (unpaired) electrons. The molecular formula is C12H17N. The highest BCUT2D eigenvalue weighted by atomic mass is 14.2. The minimum Gasteiger partial charge on any atom is -0.192 e. The van der Waals surface area contributed by atoms with Crippen molar-refractivity contribution >= 4 is 0 Å². The Balaban J connectivity index is 4.58.